The number of pyridine rings is 1. The van der Waals surface area contributed by atoms with E-state index in [-0.39, 0.29) is 0 Å². The number of piperidine rings is 1. The van der Waals surface area contributed by atoms with Gasteiger partial charge in [0.1, 0.15) is 11.3 Å². The smallest absolute Gasteiger partial charge is 0.156 e. The summed E-state index contributed by atoms with van der Waals surface area (Å²) in [5, 5.41) is 0. The molecule has 4 heterocycles. The summed E-state index contributed by atoms with van der Waals surface area (Å²) in [6, 6.07) is 5.99. The quantitative estimate of drug-likeness (QED) is 0.799. The van der Waals surface area contributed by atoms with E-state index in [1.807, 2.05) is 37.5 Å². The molecule has 0 unspecified atom stereocenters. The summed E-state index contributed by atoms with van der Waals surface area (Å²) in [6.07, 6.45) is 7.88. The van der Waals surface area contributed by atoms with Gasteiger partial charge in [0.05, 0.1) is 18.2 Å². The Labute approximate surface area is 140 Å². The zero-order valence-corrected chi connectivity index (χ0v) is 13.8. The molecule has 4 rings (SSSR count). The Kier molecular flexibility index (Phi) is 4.13. The van der Waals surface area contributed by atoms with Gasteiger partial charge in [-0.2, -0.15) is 0 Å². The molecule has 3 aromatic rings. The van der Waals surface area contributed by atoms with Gasteiger partial charge >= 0.3 is 0 Å². The van der Waals surface area contributed by atoms with E-state index in [9.17, 15) is 0 Å². The van der Waals surface area contributed by atoms with Crippen LogP contribution in [0.2, 0.25) is 0 Å². The number of aromatic nitrogens is 4. The molecule has 1 N–H and O–H groups in total. The minimum atomic E-state index is 0.295. The average Bonchev–Trinajstić information content (AvgIpc) is 3.09. The maximum Gasteiger partial charge on any atom is 0.156 e. The van der Waals surface area contributed by atoms with E-state index in [0.717, 1.165) is 54.2 Å². The lowest BCUT2D eigenvalue weighted by Crippen LogP contribution is -2.37. The molecular formula is C18H21N5O. The van der Waals surface area contributed by atoms with Crippen LogP contribution in [0, 0.1) is 6.92 Å². The molecule has 0 bridgehead atoms. The van der Waals surface area contributed by atoms with Crippen LogP contribution in [0.4, 0.5) is 5.82 Å². The van der Waals surface area contributed by atoms with Gasteiger partial charge in [-0.3, -0.25) is 4.98 Å². The minimum Gasteiger partial charge on any atom is -0.373 e. The fourth-order valence-corrected chi connectivity index (χ4v) is 3.20. The molecule has 1 saturated heterocycles. The van der Waals surface area contributed by atoms with Gasteiger partial charge < -0.3 is 14.6 Å². The summed E-state index contributed by atoms with van der Waals surface area (Å²) < 4.78 is 6.04. The van der Waals surface area contributed by atoms with E-state index in [4.69, 9.17) is 4.74 Å². The van der Waals surface area contributed by atoms with Gasteiger partial charge in [0, 0.05) is 31.7 Å². The van der Waals surface area contributed by atoms with Crippen molar-refractivity contribution in [2.45, 2.75) is 32.5 Å². The molecule has 24 heavy (non-hydrogen) atoms. The van der Waals surface area contributed by atoms with Crippen LogP contribution in [0.25, 0.3) is 11.0 Å². The molecule has 0 saturated carbocycles. The number of anilines is 1. The van der Waals surface area contributed by atoms with Crippen LogP contribution in [-0.2, 0) is 11.3 Å². The fourth-order valence-electron chi connectivity index (χ4n) is 3.20. The average molecular weight is 323 g/mol. The largest absolute Gasteiger partial charge is 0.373 e. The molecule has 3 aromatic heterocycles. The first-order valence-electron chi connectivity index (χ1n) is 8.37. The maximum atomic E-state index is 6.04. The first kappa shape index (κ1) is 15.1. The van der Waals surface area contributed by atoms with Gasteiger partial charge in [0.25, 0.3) is 0 Å². The number of nitrogens with one attached hydrogen (secondary N) is 1. The van der Waals surface area contributed by atoms with Crippen LogP contribution < -0.4 is 4.90 Å². The normalized spacial score (nSPS) is 16.0. The first-order valence-corrected chi connectivity index (χ1v) is 8.37. The Balaban J connectivity index is 1.39. The molecule has 0 spiro atoms. The number of nitrogens with zero attached hydrogens (tertiary/aromatic N) is 4. The van der Waals surface area contributed by atoms with E-state index in [2.05, 4.69) is 24.8 Å². The number of H-pyrrole nitrogens is 1. The number of hydrogen-bond donors (Lipinski definition) is 1. The van der Waals surface area contributed by atoms with Gasteiger partial charge in [-0.25, -0.2) is 9.97 Å². The van der Waals surface area contributed by atoms with E-state index < -0.39 is 0 Å². The van der Waals surface area contributed by atoms with Crippen molar-refractivity contribution < 1.29 is 4.74 Å². The van der Waals surface area contributed by atoms with Crippen LogP contribution in [0.15, 0.2) is 36.8 Å². The van der Waals surface area contributed by atoms with Gasteiger partial charge in [-0.15, -0.1) is 0 Å². The third-order valence-electron chi connectivity index (χ3n) is 4.45. The van der Waals surface area contributed by atoms with E-state index in [1.54, 1.807) is 6.20 Å². The second-order valence-electron chi connectivity index (χ2n) is 6.19. The Hall–Kier alpha value is -2.47. The van der Waals surface area contributed by atoms with Gasteiger partial charge in [0.2, 0.25) is 0 Å². The standard InChI is InChI=1S/C18H21N5O/c1-13-21-16-4-8-20-17(16)18(22-13)23-9-5-15(6-10-23)24-12-14-3-2-7-19-11-14/h2-4,7-8,11,15,20H,5-6,9-10,12H2,1H3. The second-order valence-corrected chi connectivity index (χ2v) is 6.19. The molecule has 0 atom stereocenters. The number of rotatable bonds is 4. The predicted molar refractivity (Wildman–Crippen MR) is 92.9 cm³/mol. The third-order valence-corrected chi connectivity index (χ3v) is 4.45. The second kappa shape index (κ2) is 6.57. The lowest BCUT2D eigenvalue weighted by Gasteiger charge is -2.33. The van der Waals surface area contributed by atoms with E-state index >= 15 is 0 Å². The van der Waals surface area contributed by atoms with Crippen molar-refractivity contribution in [3.05, 3.63) is 48.2 Å². The Bertz CT molecular complexity index is 809. The van der Waals surface area contributed by atoms with Crippen molar-refractivity contribution in [3.8, 4) is 0 Å². The van der Waals surface area contributed by atoms with Crippen LogP contribution in [0.1, 0.15) is 24.2 Å². The van der Waals surface area contributed by atoms with Crippen LogP contribution in [0.3, 0.4) is 0 Å². The Morgan fingerprint density at radius 2 is 2.12 bits per heavy atom. The highest BCUT2D eigenvalue weighted by atomic mass is 16.5. The van der Waals surface area contributed by atoms with Crippen molar-refractivity contribution in [1.29, 1.82) is 0 Å². The lowest BCUT2D eigenvalue weighted by atomic mass is 10.1. The zero-order chi connectivity index (χ0) is 16.4. The molecule has 0 aromatic carbocycles. The van der Waals surface area contributed by atoms with Crippen LogP contribution >= 0.6 is 0 Å². The lowest BCUT2D eigenvalue weighted by molar-refractivity contribution is 0.0249. The zero-order valence-electron chi connectivity index (χ0n) is 13.8. The van der Waals surface area contributed by atoms with Gasteiger partial charge in [-0.05, 0) is 37.5 Å². The molecule has 6 nitrogen and oxygen atoms in total. The third kappa shape index (κ3) is 3.10. The van der Waals surface area contributed by atoms with Crippen molar-refractivity contribution in [2.24, 2.45) is 0 Å². The highest BCUT2D eigenvalue weighted by Crippen LogP contribution is 2.26. The molecule has 124 valence electrons. The van der Waals surface area contributed by atoms with E-state index in [0.29, 0.717) is 12.7 Å². The summed E-state index contributed by atoms with van der Waals surface area (Å²) >= 11 is 0. The summed E-state index contributed by atoms with van der Waals surface area (Å²) in [5.41, 5.74) is 3.13. The summed E-state index contributed by atoms with van der Waals surface area (Å²) in [4.78, 5) is 18.8. The SMILES string of the molecule is Cc1nc(N2CCC(OCc3cccnc3)CC2)c2[nH]ccc2n1. The highest BCUT2D eigenvalue weighted by Gasteiger charge is 2.23. The topological polar surface area (TPSA) is 66.9 Å². The monoisotopic (exact) mass is 323 g/mol. The number of aryl methyl sites for hydroxylation is 1. The number of fused-ring (bicyclic) bond motifs is 1. The highest BCUT2D eigenvalue weighted by molar-refractivity contribution is 5.86. The minimum absolute atomic E-state index is 0.295. The molecular weight excluding hydrogens is 302 g/mol. The molecule has 1 aliphatic rings. The van der Waals surface area contributed by atoms with Crippen LogP contribution in [0.5, 0.6) is 0 Å². The summed E-state index contributed by atoms with van der Waals surface area (Å²) in [5.74, 6) is 1.82. The first-order chi connectivity index (χ1) is 11.8. The number of ether oxygens (including phenoxy) is 1. The van der Waals surface area contributed by atoms with Crippen molar-refractivity contribution in [2.75, 3.05) is 18.0 Å². The summed E-state index contributed by atoms with van der Waals surface area (Å²) in [7, 11) is 0. The van der Waals surface area contributed by atoms with Gasteiger partial charge in [-0.1, -0.05) is 6.07 Å². The van der Waals surface area contributed by atoms with Crippen molar-refractivity contribution in [1.82, 2.24) is 19.9 Å². The van der Waals surface area contributed by atoms with Crippen molar-refractivity contribution in [3.63, 3.8) is 0 Å². The molecule has 1 aliphatic heterocycles. The molecule has 0 amide bonds. The molecule has 0 radical (unpaired) electrons. The number of aromatic amines is 1. The van der Waals surface area contributed by atoms with E-state index in [1.165, 1.54) is 0 Å². The fraction of sp³-hybridized carbons (Fsp3) is 0.389. The maximum absolute atomic E-state index is 6.04. The molecule has 0 aliphatic carbocycles. The Morgan fingerprint density at radius 1 is 1.25 bits per heavy atom. The van der Waals surface area contributed by atoms with Gasteiger partial charge in [0.15, 0.2) is 5.82 Å². The number of hydrogen-bond acceptors (Lipinski definition) is 5. The van der Waals surface area contributed by atoms with Crippen molar-refractivity contribution >= 4 is 16.9 Å². The predicted octanol–water partition coefficient (Wildman–Crippen LogP) is 2.85. The molecule has 1 fully saturated rings. The summed E-state index contributed by atoms with van der Waals surface area (Å²) in [6.45, 7) is 4.47. The van der Waals surface area contributed by atoms with Crippen LogP contribution in [-0.4, -0.2) is 39.1 Å². The molecule has 6 heteroatoms. The Morgan fingerprint density at radius 3 is 2.92 bits per heavy atom.